The van der Waals surface area contributed by atoms with E-state index in [1.54, 1.807) is 7.11 Å². The smallest absolute Gasteiger partial charge is 0.321 e. The summed E-state index contributed by atoms with van der Waals surface area (Å²) in [6.45, 7) is 0.954. The van der Waals surface area contributed by atoms with Gasteiger partial charge in [-0.2, -0.15) is 0 Å². The van der Waals surface area contributed by atoms with E-state index in [-0.39, 0.29) is 6.03 Å². The number of methoxy groups -OCH3 is 1. The van der Waals surface area contributed by atoms with Crippen LogP contribution in [0.5, 0.6) is 0 Å². The summed E-state index contributed by atoms with van der Waals surface area (Å²) in [4.78, 5) is 11.2. The average molecular weight is 248 g/mol. The van der Waals surface area contributed by atoms with Crippen molar-refractivity contribution in [1.29, 1.82) is 0 Å². The Balaban J connectivity index is 2.31. The lowest BCUT2D eigenvalue weighted by molar-refractivity contribution is 0.198. The molecule has 0 bridgehead atoms. The number of thioether (sulfide) groups is 1. The van der Waals surface area contributed by atoms with Gasteiger partial charge in [-0.3, -0.25) is 5.32 Å². The summed E-state index contributed by atoms with van der Waals surface area (Å²) in [5, 5.41) is 13.3. The van der Waals surface area contributed by atoms with Gasteiger partial charge in [0.25, 0.3) is 0 Å². The number of ether oxygens (including phenoxy) is 1. The maximum atomic E-state index is 11.2. The maximum absolute atomic E-state index is 11.2. The second-order valence-corrected chi connectivity index (χ2v) is 4.48. The van der Waals surface area contributed by atoms with E-state index in [1.165, 1.54) is 23.1 Å². The van der Waals surface area contributed by atoms with Crippen LogP contribution in [0, 0.1) is 0 Å². The van der Waals surface area contributed by atoms with Crippen molar-refractivity contribution in [2.45, 2.75) is 4.34 Å². The van der Waals surface area contributed by atoms with Gasteiger partial charge in [-0.1, -0.05) is 23.1 Å². The van der Waals surface area contributed by atoms with Crippen LogP contribution in [0.15, 0.2) is 4.34 Å². The Labute approximate surface area is 95.8 Å². The summed E-state index contributed by atoms with van der Waals surface area (Å²) in [5.74, 6) is 0. The fraction of sp³-hybridized carbons (Fsp3) is 0.571. The number of amides is 2. The van der Waals surface area contributed by atoms with Gasteiger partial charge in [0.05, 0.1) is 6.61 Å². The second-order valence-electron chi connectivity index (χ2n) is 2.45. The molecular formula is C7H12N4O2S2. The fourth-order valence-corrected chi connectivity index (χ4v) is 1.92. The Bertz CT molecular complexity index is 318. The van der Waals surface area contributed by atoms with Crippen molar-refractivity contribution < 1.29 is 9.53 Å². The summed E-state index contributed by atoms with van der Waals surface area (Å²) in [6, 6.07) is -0.296. The number of carbonyl (C=O) groups excluding carboxylic acids is 1. The van der Waals surface area contributed by atoms with Crippen LogP contribution in [-0.4, -0.2) is 42.7 Å². The molecule has 6 nitrogen and oxygen atoms in total. The number of hydrogen-bond donors (Lipinski definition) is 2. The molecule has 15 heavy (non-hydrogen) atoms. The molecule has 0 aliphatic carbocycles. The normalized spacial score (nSPS) is 10.0. The van der Waals surface area contributed by atoms with E-state index in [0.29, 0.717) is 18.3 Å². The minimum absolute atomic E-state index is 0.296. The van der Waals surface area contributed by atoms with Crippen LogP contribution in [-0.2, 0) is 4.74 Å². The number of anilines is 1. The molecule has 8 heteroatoms. The quantitative estimate of drug-likeness (QED) is 0.462. The van der Waals surface area contributed by atoms with Crippen molar-refractivity contribution in [2.75, 3.05) is 31.8 Å². The predicted octanol–water partition coefficient (Wildman–Crippen LogP) is 1.03. The number of nitrogens with zero attached hydrogens (tertiary/aromatic N) is 2. The van der Waals surface area contributed by atoms with Gasteiger partial charge in [0.1, 0.15) is 0 Å². The molecule has 0 aliphatic rings. The highest BCUT2D eigenvalue weighted by atomic mass is 32.2. The van der Waals surface area contributed by atoms with Crippen molar-refractivity contribution in [3.63, 3.8) is 0 Å². The first-order valence-corrected chi connectivity index (χ1v) is 6.21. The highest BCUT2D eigenvalue weighted by Crippen LogP contribution is 2.22. The lowest BCUT2D eigenvalue weighted by atomic mass is 10.7. The Morgan fingerprint density at radius 2 is 2.40 bits per heavy atom. The van der Waals surface area contributed by atoms with Crippen LogP contribution in [0.3, 0.4) is 0 Å². The number of urea groups is 1. The van der Waals surface area contributed by atoms with Crippen molar-refractivity contribution in [3.8, 4) is 0 Å². The Kier molecular flexibility index (Phi) is 5.37. The molecule has 2 amide bonds. The molecule has 0 spiro atoms. The topological polar surface area (TPSA) is 76.1 Å². The van der Waals surface area contributed by atoms with E-state index in [9.17, 15) is 4.79 Å². The summed E-state index contributed by atoms with van der Waals surface area (Å²) in [5.41, 5.74) is 0. The summed E-state index contributed by atoms with van der Waals surface area (Å²) < 4.78 is 5.61. The van der Waals surface area contributed by atoms with E-state index < -0.39 is 0 Å². The van der Waals surface area contributed by atoms with Gasteiger partial charge in [-0.05, 0) is 6.26 Å². The maximum Gasteiger partial charge on any atom is 0.321 e. The van der Waals surface area contributed by atoms with Gasteiger partial charge in [0.15, 0.2) is 4.34 Å². The van der Waals surface area contributed by atoms with Crippen LogP contribution >= 0.6 is 23.1 Å². The van der Waals surface area contributed by atoms with Gasteiger partial charge in [0.2, 0.25) is 5.13 Å². The van der Waals surface area contributed by atoms with Crippen molar-refractivity contribution in [2.24, 2.45) is 0 Å². The molecule has 0 atom stereocenters. The predicted molar refractivity (Wildman–Crippen MR) is 60.6 cm³/mol. The number of nitrogens with one attached hydrogen (secondary N) is 2. The molecule has 84 valence electrons. The zero-order chi connectivity index (χ0) is 11.1. The lowest BCUT2D eigenvalue weighted by Gasteiger charge is -2.03. The van der Waals surface area contributed by atoms with Crippen molar-refractivity contribution in [3.05, 3.63) is 0 Å². The molecule has 0 saturated heterocycles. The molecule has 0 unspecified atom stereocenters. The number of rotatable bonds is 5. The summed E-state index contributed by atoms with van der Waals surface area (Å²) >= 11 is 2.83. The SMILES string of the molecule is COCCNC(=O)Nc1nnc(SC)s1. The number of aromatic nitrogens is 2. The van der Waals surface area contributed by atoms with Gasteiger partial charge in [-0.15, -0.1) is 10.2 Å². The van der Waals surface area contributed by atoms with E-state index in [0.717, 1.165) is 4.34 Å². The van der Waals surface area contributed by atoms with Gasteiger partial charge < -0.3 is 10.1 Å². The first kappa shape index (κ1) is 12.2. The fourth-order valence-electron chi connectivity index (χ4n) is 0.751. The van der Waals surface area contributed by atoms with Crippen LogP contribution in [0.25, 0.3) is 0 Å². The minimum Gasteiger partial charge on any atom is -0.383 e. The van der Waals surface area contributed by atoms with Crippen LogP contribution < -0.4 is 10.6 Å². The number of carbonyl (C=O) groups is 1. The molecule has 0 fully saturated rings. The molecule has 0 aliphatic heterocycles. The van der Waals surface area contributed by atoms with E-state index in [2.05, 4.69) is 20.8 Å². The van der Waals surface area contributed by atoms with Gasteiger partial charge >= 0.3 is 6.03 Å². The molecular weight excluding hydrogens is 236 g/mol. The lowest BCUT2D eigenvalue weighted by Crippen LogP contribution is -2.31. The first-order chi connectivity index (χ1) is 7.26. The third kappa shape index (κ3) is 4.45. The summed E-state index contributed by atoms with van der Waals surface area (Å²) in [7, 11) is 1.58. The zero-order valence-electron chi connectivity index (χ0n) is 8.44. The minimum atomic E-state index is -0.296. The van der Waals surface area contributed by atoms with Crippen LogP contribution in [0.4, 0.5) is 9.93 Å². The number of hydrogen-bond acceptors (Lipinski definition) is 6. The Hall–Kier alpha value is -0.860. The molecule has 1 aromatic heterocycles. The standard InChI is InChI=1S/C7H12N4O2S2/c1-13-4-3-8-5(12)9-6-10-11-7(14-2)15-6/h3-4H2,1-2H3,(H2,8,9,10,12). The third-order valence-electron chi connectivity index (χ3n) is 1.39. The molecule has 0 saturated carbocycles. The molecule has 0 radical (unpaired) electrons. The Morgan fingerprint density at radius 3 is 3.00 bits per heavy atom. The van der Waals surface area contributed by atoms with Crippen molar-refractivity contribution in [1.82, 2.24) is 15.5 Å². The highest BCUT2D eigenvalue weighted by molar-refractivity contribution is 8.00. The van der Waals surface area contributed by atoms with E-state index in [1.807, 2.05) is 6.26 Å². The van der Waals surface area contributed by atoms with Crippen LogP contribution in [0.2, 0.25) is 0 Å². The molecule has 1 rings (SSSR count). The van der Waals surface area contributed by atoms with E-state index >= 15 is 0 Å². The largest absolute Gasteiger partial charge is 0.383 e. The third-order valence-corrected chi connectivity index (χ3v) is 3.21. The summed E-state index contributed by atoms with van der Waals surface area (Å²) in [6.07, 6.45) is 1.91. The average Bonchev–Trinajstić information content (AvgIpc) is 2.66. The zero-order valence-corrected chi connectivity index (χ0v) is 10.1. The van der Waals surface area contributed by atoms with Gasteiger partial charge in [-0.25, -0.2) is 4.79 Å². The monoisotopic (exact) mass is 248 g/mol. The molecule has 0 aromatic carbocycles. The Morgan fingerprint density at radius 1 is 1.60 bits per heavy atom. The van der Waals surface area contributed by atoms with E-state index in [4.69, 9.17) is 4.74 Å². The molecule has 1 heterocycles. The van der Waals surface area contributed by atoms with Gasteiger partial charge in [0, 0.05) is 13.7 Å². The molecule has 1 aromatic rings. The van der Waals surface area contributed by atoms with Crippen LogP contribution in [0.1, 0.15) is 0 Å². The first-order valence-electron chi connectivity index (χ1n) is 4.17. The highest BCUT2D eigenvalue weighted by Gasteiger charge is 2.06. The van der Waals surface area contributed by atoms with Crippen molar-refractivity contribution >= 4 is 34.3 Å². The molecule has 2 N–H and O–H groups in total. The second kappa shape index (κ2) is 6.59.